The molecule has 0 atom stereocenters. The highest BCUT2D eigenvalue weighted by molar-refractivity contribution is 5.84. The number of rotatable bonds is 3. The van der Waals surface area contributed by atoms with Crippen LogP contribution < -0.4 is 4.74 Å². The molecule has 0 saturated carbocycles. The Morgan fingerprint density at radius 1 is 1.08 bits per heavy atom. The van der Waals surface area contributed by atoms with Crippen LogP contribution in [0.2, 0.25) is 0 Å². The lowest BCUT2D eigenvalue weighted by Gasteiger charge is -2.53. The highest BCUT2D eigenvalue weighted by atomic mass is 16.7. The molecule has 2 heterocycles. The van der Waals surface area contributed by atoms with Gasteiger partial charge in [-0.05, 0) is 36.8 Å². The Morgan fingerprint density at radius 2 is 1.76 bits per heavy atom. The van der Waals surface area contributed by atoms with Crippen LogP contribution in [0.3, 0.4) is 0 Å². The van der Waals surface area contributed by atoms with Gasteiger partial charge in [-0.15, -0.1) is 0 Å². The number of likely N-dealkylation sites (tertiary alicyclic amines) is 1. The molecule has 0 radical (unpaired) electrons. The number of fused-ring (bicyclic) bond motifs is 1. The van der Waals surface area contributed by atoms with Crippen molar-refractivity contribution in [2.75, 3.05) is 32.9 Å². The third-order valence-corrected chi connectivity index (χ3v) is 4.94. The normalized spacial score (nSPS) is 21.1. The maximum absolute atomic E-state index is 12.3. The second-order valence-corrected chi connectivity index (χ2v) is 7.52. The van der Waals surface area contributed by atoms with Crippen molar-refractivity contribution in [1.82, 2.24) is 4.90 Å². The number of amides is 1. The molecule has 5 heteroatoms. The summed E-state index contributed by atoms with van der Waals surface area (Å²) in [5.41, 5.74) is -0.0475. The minimum Gasteiger partial charge on any atom is -0.484 e. The Kier molecular flexibility index (Phi) is 3.93. The van der Waals surface area contributed by atoms with Crippen LogP contribution in [0.1, 0.15) is 13.8 Å². The first-order valence-electron chi connectivity index (χ1n) is 8.62. The van der Waals surface area contributed by atoms with Crippen molar-refractivity contribution in [3.05, 3.63) is 42.5 Å². The molecule has 0 N–H and O–H groups in total. The molecule has 1 spiro atoms. The monoisotopic (exact) mass is 341 g/mol. The fourth-order valence-electron chi connectivity index (χ4n) is 3.35. The molecular formula is C20H23NO4. The molecule has 0 unspecified atom stereocenters. The molecule has 4 rings (SSSR count). The van der Waals surface area contributed by atoms with Gasteiger partial charge in [0.15, 0.2) is 12.4 Å². The standard InChI is InChI=1S/C20H23NO4/c1-19(2)24-13-20(14-25-19)11-21(12-20)18(22)10-23-17-8-7-15-5-3-4-6-16(15)9-17/h3-9H,10-14H2,1-2H3. The Labute approximate surface area is 147 Å². The fraction of sp³-hybridized carbons (Fsp3) is 0.450. The summed E-state index contributed by atoms with van der Waals surface area (Å²) in [4.78, 5) is 14.1. The van der Waals surface area contributed by atoms with Gasteiger partial charge in [0.1, 0.15) is 5.75 Å². The largest absolute Gasteiger partial charge is 0.484 e. The lowest BCUT2D eigenvalue weighted by Crippen LogP contribution is -2.66. The van der Waals surface area contributed by atoms with E-state index < -0.39 is 5.79 Å². The fourth-order valence-corrected chi connectivity index (χ4v) is 3.35. The average Bonchev–Trinajstić information content (AvgIpc) is 2.58. The van der Waals surface area contributed by atoms with Gasteiger partial charge in [-0.2, -0.15) is 0 Å². The van der Waals surface area contributed by atoms with Gasteiger partial charge in [-0.1, -0.05) is 30.3 Å². The highest BCUT2D eigenvalue weighted by Gasteiger charge is 2.50. The maximum Gasteiger partial charge on any atom is 0.260 e. The van der Waals surface area contributed by atoms with Gasteiger partial charge < -0.3 is 19.1 Å². The summed E-state index contributed by atoms with van der Waals surface area (Å²) in [6, 6.07) is 14.0. The minimum absolute atomic E-state index is 0.00335. The van der Waals surface area contributed by atoms with E-state index in [1.807, 2.05) is 55.1 Å². The van der Waals surface area contributed by atoms with Crippen molar-refractivity contribution in [2.24, 2.45) is 5.41 Å². The van der Waals surface area contributed by atoms with Crippen LogP contribution in [0.15, 0.2) is 42.5 Å². The van der Waals surface area contributed by atoms with Crippen molar-refractivity contribution < 1.29 is 19.0 Å². The average molecular weight is 341 g/mol. The third-order valence-electron chi connectivity index (χ3n) is 4.94. The van der Waals surface area contributed by atoms with E-state index in [1.165, 1.54) is 0 Å². The molecule has 0 bridgehead atoms. The lowest BCUT2D eigenvalue weighted by atomic mass is 9.80. The first-order chi connectivity index (χ1) is 11.9. The smallest absolute Gasteiger partial charge is 0.260 e. The van der Waals surface area contributed by atoms with Crippen LogP contribution in [0, 0.1) is 5.41 Å². The van der Waals surface area contributed by atoms with Crippen LogP contribution in [0.5, 0.6) is 5.75 Å². The molecular weight excluding hydrogens is 318 g/mol. The van der Waals surface area contributed by atoms with E-state index in [1.54, 1.807) is 0 Å². The van der Waals surface area contributed by atoms with Gasteiger partial charge in [0.2, 0.25) is 0 Å². The van der Waals surface area contributed by atoms with Crippen molar-refractivity contribution in [3.63, 3.8) is 0 Å². The molecule has 0 aromatic heterocycles. The summed E-state index contributed by atoms with van der Waals surface area (Å²) < 4.78 is 17.1. The summed E-state index contributed by atoms with van der Waals surface area (Å²) >= 11 is 0. The molecule has 132 valence electrons. The van der Waals surface area contributed by atoms with Crippen LogP contribution in [-0.2, 0) is 14.3 Å². The van der Waals surface area contributed by atoms with Gasteiger partial charge in [0.25, 0.3) is 5.91 Å². The van der Waals surface area contributed by atoms with E-state index in [4.69, 9.17) is 14.2 Å². The molecule has 2 aromatic carbocycles. The SMILES string of the molecule is CC1(C)OCC2(CO1)CN(C(=O)COc1ccc3ccccc3c1)C2. The number of hydrogen-bond donors (Lipinski definition) is 0. The number of carbonyl (C=O) groups is 1. The molecule has 25 heavy (non-hydrogen) atoms. The topological polar surface area (TPSA) is 48.0 Å². The molecule has 0 aliphatic carbocycles. The van der Waals surface area contributed by atoms with Crippen LogP contribution >= 0.6 is 0 Å². The van der Waals surface area contributed by atoms with E-state index >= 15 is 0 Å². The first-order valence-corrected chi connectivity index (χ1v) is 8.62. The van der Waals surface area contributed by atoms with E-state index in [0.717, 1.165) is 10.8 Å². The number of hydrogen-bond acceptors (Lipinski definition) is 4. The molecule has 2 aromatic rings. The van der Waals surface area contributed by atoms with Crippen molar-refractivity contribution in [3.8, 4) is 5.75 Å². The zero-order valence-corrected chi connectivity index (χ0v) is 14.7. The predicted octanol–water partition coefficient (Wildman–Crippen LogP) is 2.83. The van der Waals surface area contributed by atoms with Crippen LogP contribution in [0.4, 0.5) is 0 Å². The minimum atomic E-state index is -0.519. The second-order valence-electron chi connectivity index (χ2n) is 7.52. The number of nitrogens with zero attached hydrogens (tertiary/aromatic N) is 1. The quantitative estimate of drug-likeness (QED) is 0.861. The zero-order valence-electron chi connectivity index (χ0n) is 14.7. The zero-order chi connectivity index (χ0) is 17.5. The molecule has 5 nitrogen and oxygen atoms in total. The van der Waals surface area contributed by atoms with Gasteiger partial charge in [-0.3, -0.25) is 4.79 Å². The number of carbonyl (C=O) groups excluding carboxylic acids is 1. The lowest BCUT2D eigenvalue weighted by molar-refractivity contribution is -0.303. The Bertz CT molecular complexity index is 783. The van der Waals surface area contributed by atoms with Gasteiger partial charge in [-0.25, -0.2) is 0 Å². The Hall–Kier alpha value is -2.11. The van der Waals surface area contributed by atoms with Crippen LogP contribution in [0.25, 0.3) is 10.8 Å². The maximum atomic E-state index is 12.3. The van der Waals surface area contributed by atoms with Crippen LogP contribution in [-0.4, -0.2) is 49.5 Å². The predicted molar refractivity (Wildman–Crippen MR) is 94.4 cm³/mol. The van der Waals surface area contributed by atoms with Crippen molar-refractivity contribution in [2.45, 2.75) is 19.6 Å². The van der Waals surface area contributed by atoms with Gasteiger partial charge in [0, 0.05) is 13.1 Å². The Balaban J connectivity index is 1.30. The number of benzene rings is 2. The Morgan fingerprint density at radius 3 is 2.48 bits per heavy atom. The summed E-state index contributed by atoms with van der Waals surface area (Å²) in [5.74, 6) is 0.200. The second kappa shape index (κ2) is 6.00. The summed E-state index contributed by atoms with van der Waals surface area (Å²) in [6.07, 6.45) is 0. The summed E-state index contributed by atoms with van der Waals surface area (Å²) in [6.45, 7) is 6.50. The van der Waals surface area contributed by atoms with E-state index in [-0.39, 0.29) is 17.9 Å². The van der Waals surface area contributed by atoms with Crippen molar-refractivity contribution >= 4 is 16.7 Å². The molecule has 2 aliphatic rings. The molecule has 2 saturated heterocycles. The van der Waals surface area contributed by atoms with Crippen molar-refractivity contribution in [1.29, 1.82) is 0 Å². The van der Waals surface area contributed by atoms with Gasteiger partial charge >= 0.3 is 0 Å². The van der Waals surface area contributed by atoms with E-state index in [9.17, 15) is 4.79 Å². The summed E-state index contributed by atoms with van der Waals surface area (Å²) in [5, 5.41) is 2.26. The summed E-state index contributed by atoms with van der Waals surface area (Å²) in [7, 11) is 0. The number of ether oxygens (including phenoxy) is 3. The highest BCUT2D eigenvalue weighted by Crippen LogP contribution is 2.37. The molecule has 2 fully saturated rings. The third kappa shape index (κ3) is 3.34. The van der Waals surface area contributed by atoms with Gasteiger partial charge in [0.05, 0.1) is 18.6 Å². The van der Waals surface area contributed by atoms with E-state index in [2.05, 4.69) is 6.07 Å². The molecule has 1 amide bonds. The first kappa shape index (κ1) is 16.4. The van der Waals surface area contributed by atoms with E-state index in [0.29, 0.717) is 32.1 Å². The molecule has 2 aliphatic heterocycles.